The molecule has 1 aromatic carbocycles. The zero-order valence-corrected chi connectivity index (χ0v) is 16.9. The SMILES string of the molecule is CC(C)(C)[C@H]1CCc2c(sc(NC(=O)c3ccc(C#N)cc3F)c2C(N)=O)C1. The topological polar surface area (TPSA) is 96.0 Å². The molecule has 146 valence electrons. The first-order chi connectivity index (χ1) is 13.1. The van der Waals surface area contributed by atoms with Gasteiger partial charge < -0.3 is 11.1 Å². The molecule has 3 rings (SSSR count). The molecule has 0 unspecified atom stereocenters. The quantitative estimate of drug-likeness (QED) is 0.807. The average molecular weight is 399 g/mol. The van der Waals surface area contributed by atoms with Gasteiger partial charge in [-0.05, 0) is 54.4 Å². The van der Waals surface area contributed by atoms with E-state index in [0.717, 1.165) is 35.8 Å². The van der Waals surface area contributed by atoms with E-state index in [0.29, 0.717) is 16.5 Å². The summed E-state index contributed by atoms with van der Waals surface area (Å²) < 4.78 is 14.2. The van der Waals surface area contributed by atoms with Crippen LogP contribution in [0.15, 0.2) is 18.2 Å². The van der Waals surface area contributed by atoms with Crippen molar-refractivity contribution in [2.45, 2.75) is 40.0 Å². The van der Waals surface area contributed by atoms with Gasteiger partial charge in [-0.25, -0.2) is 4.39 Å². The molecule has 1 heterocycles. The average Bonchev–Trinajstić information content (AvgIpc) is 2.97. The van der Waals surface area contributed by atoms with Crippen LogP contribution in [0.25, 0.3) is 0 Å². The van der Waals surface area contributed by atoms with Crippen LogP contribution in [0.2, 0.25) is 0 Å². The Morgan fingerprint density at radius 3 is 2.64 bits per heavy atom. The standard InChI is InChI=1S/C21H22FN3O2S/c1-21(2,3)12-5-7-14-16(9-12)28-20(17(14)18(24)26)25-19(27)13-6-4-11(10-23)8-15(13)22/h4,6,8,12H,5,7,9H2,1-3H3,(H2,24,26)(H,25,27)/t12-/m0/s1. The van der Waals surface area contributed by atoms with Gasteiger partial charge in [0.2, 0.25) is 0 Å². The minimum Gasteiger partial charge on any atom is -0.365 e. The maximum absolute atomic E-state index is 14.2. The Kier molecular flexibility index (Phi) is 5.26. The van der Waals surface area contributed by atoms with E-state index in [1.807, 2.05) is 6.07 Å². The molecule has 0 bridgehead atoms. The van der Waals surface area contributed by atoms with E-state index in [2.05, 4.69) is 26.1 Å². The first-order valence-corrected chi connectivity index (χ1v) is 9.88. The summed E-state index contributed by atoms with van der Waals surface area (Å²) in [5.74, 6) is -1.58. The maximum Gasteiger partial charge on any atom is 0.259 e. The van der Waals surface area contributed by atoms with Gasteiger partial charge in [0, 0.05) is 4.88 Å². The van der Waals surface area contributed by atoms with Crippen molar-refractivity contribution >= 4 is 28.2 Å². The third kappa shape index (κ3) is 3.78. The Morgan fingerprint density at radius 1 is 1.36 bits per heavy atom. The van der Waals surface area contributed by atoms with Crippen molar-refractivity contribution in [3.05, 3.63) is 51.1 Å². The summed E-state index contributed by atoms with van der Waals surface area (Å²) in [7, 11) is 0. The molecule has 28 heavy (non-hydrogen) atoms. The highest BCUT2D eigenvalue weighted by Crippen LogP contribution is 2.44. The molecular weight excluding hydrogens is 377 g/mol. The van der Waals surface area contributed by atoms with Crippen molar-refractivity contribution in [3.63, 3.8) is 0 Å². The summed E-state index contributed by atoms with van der Waals surface area (Å²) in [4.78, 5) is 25.7. The number of benzene rings is 1. The molecule has 0 saturated carbocycles. The molecule has 0 fully saturated rings. The second-order valence-electron chi connectivity index (χ2n) is 8.14. The highest BCUT2D eigenvalue weighted by atomic mass is 32.1. The normalized spacial score (nSPS) is 16.2. The molecule has 2 aromatic rings. The predicted molar refractivity (Wildman–Crippen MR) is 107 cm³/mol. The summed E-state index contributed by atoms with van der Waals surface area (Å²) in [6, 6.07) is 5.47. The van der Waals surface area contributed by atoms with Crippen LogP contribution < -0.4 is 11.1 Å². The highest BCUT2D eigenvalue weighted by Gasteiger charge is 2.33. The van der Waals surface area contributed by atoms with E-state index in [4.69, 9.17) is 11.0 Å². The fourth-order valence-electron chi connectivity index (χ4n) is 3.61. The molecule has 0 aliphatic heterocycles. The van der Waals surface area contributed by atoms with E-state index in [1.165, 1.54) is 23.5 Å². The van der Waals surface area contributed by atoms with Crippen molar-refractivity contribution in [1.29, 1.82) is 5.26 Å². The molecule has 0 saturated heterocycles. The number of amides is 2. The number of nitrogens with one attached hydrogen (secondary N) is 1. The molecule has 1 aliphatic carbocycles. The largest absolute Gasteiger partial charge is 0.365 e. The number of primary amides is 1. The summed E-state index contributed by atoms with van der Waals surface area (Å²) in [5, 5.41) is 11.8. The van der Waals surface area contributed by atoms with E-state index >= 15 is 0 Å². The van der Waals surface area contributed by atoms with Gasteiger partial charge in [0.1, 0.15) is 10.8 Å². The summed E-state index contributed by atoms with van der Waals surface area (Å²) in [5.41, 5.74) is 6.90. The first kappa shape index (κ1) is 20.0. The lowest BCUT2D eigenvalue weighted by molar-refractivity contribution is 0.1000. The Morgan fingerprint density at radius 2 is 2.07 bits per heavy atom. The van der Waals surface area contributed by atoms with Gasteiger partial charge in [0.15, 0.2) is 0 Å². The van der Waals surface area contributed by atoms with Crippen LogP contribution in [-0.2, 0) is 12.8 Å². The molecule has 1 atom stereocenters. The van der Waals surface area contributed by atoms with Crippen molar-refractivity contribution in [1.82, 2.24) is 0 Å². The second-order valence-corrected chi connectivity index (χ2v) is 9.24. The van der Waals surface area contributed by atoms with Crippen LogP contribution in [0, 0.1) is 28.5 Å². The molecule has 1 aromatic heterocycles. The number of halogens is 1. The van der Waals surface area contributed by atoms with Gasteiger partial charge >= 0.3 is 0 Å². The molecule has 7 heteroatoms. The van der Waals surface area contributed by atoms with Gasteiger partial charge in [-0.2, -0.15) is 5.26 Å². The molecular formula is C21H22FN3O2S. The van der Waals surface area contributed by atoms with Gasteiger partial charge in [0.25, 0.3) is 11.8 Å². The van der Waals surface area contributed by atoms with Crippen LogP contribution in [0.1, 0.15) is 63.9 Å². The lowest BCUT2D eigenvalue weighted by Crippen LogP contribution is -2.27. The predicted octanol–water partition coefficient (Wildman–Crippen LogP) is 4.26. The highest BCUT2D eigenvalue weighted by molar-refractivity contribution is 7.17. The van der Waals surface area contributed by atoms with Gasteiger partial charge in [-0.3, -0.25) is 9.59 Å². The van der Waals surface area contributed by atoms with Crippen LogP contribution in [0.5, 0.6) is 0 Å². The minimum atomic E-state index is -0.786. The Hall–Kier alpha value is -2.72. The number of rotatable bonds is 3. The van der Waals surface area contributed by atoms with Crippen molar-refractivity contribution < 1.29 is 14.0 Å². The van der Waals surface area contributed by atoms with Gasteiger partial charge in [0.05, 0.1) is 22.8 Å². The van der Waals surface area contributed by atoms with Crippen molar-refractivity contribution in [2.75, 3.05) is 5.32 Å². The van der Waals surface area contributed by atoms with Crippen molar-refractivity contribution in [3.8, 4) is 6.07 Å². The number of fused-ring (bicyclic) bond motifs is 1. The number of hydrogen-bond acceptors (Lipinski definition) is 4. The van der Waals surface area contributed by atoms with E-state index in [1.54, 1.807) is 0 Å². The summed E-state index contributed by atoms with van der Waals surface area (Å²) >= 11 is 1.34. The monoisotopic (exact) mass is 399 g/mol. The molecule has 3 N–H and O–H groups in total. The van der Waals surface area contributed by atoms with Crippen LogP contribution >= 0.6 is 11.3 Å². The zero-order chi connectivity index (χ0) is 20.6. The number of thiophene rings is 1. The number of nitrogens with zero attached hydrogens (tertiary/aromatic N) is 1. The van der Waals surface area contributed by atoms with E-state index in [9.17, 15) is 14.0 Å². The lowest BCUT2D eigenvalue weighted by atomic mass is 9.72. The molecule has 0 spiro atoms. The molecule has 1 aliphatic rings. The molecule has 5 nitrogen and oxygen atoms in total. The number of anilines is 1. The number of nitriles is 1. The minimum absolute atomic E-state index is 0.131. The maximum atomic E-state index is 14.2. The fraction of sp³-hybridized carbons (Fsp3) is 0.381. The van der Waals surface area contributed by atoms with Crippen molar-refractivity contribution in [2.24, 2.45) is 17.1 Å². The van der Waals surface area contributed by atoms with Gasteiger partial charge in [-0.1, -0.05) is 20.8 Å². The number of nitrogens with two attached hydrogens (primary N) is 1. The zero-order valence-electron chi connectivity index (χ0n) is 16.1. The van der Waals surface area contributed by atoms with E-state index < -0.39 is 17.6 Å². The van der Waals surface area contributed by atoms with E-state index in [-0.39, 0.29) is 16.5 Å². The van der Waals surface area contributed by atoms with Crippen LogP contribution in [-0.4, -0.2) is 11.8 Å². The summed E-state index contributed by atoms with van der Waals surface area (Å²) in [6.45, 7) is 6.59. The Labute approximate surface area is 167 Å². The lowest BCUT2D eigenvalue weighted by Gasteiger charge is -2.33. The van der Waals surface area contributed by atoms with Crippen LogP contribution in [0.4, 0.5) is 9.39 Å². The Bertz CT molecular complexity index is 998. The first-order valence-electron chi connectivity index (χ1n) is 9.07. The third-order valence-electron chi connectivity index (χ3n) is 5.31. The number of carbonyl (C=O) groups is 2. The fourth-order valence-corrected chi connectivity index (χ4v) is 4.94. The smallest absolute Gasteiger partial charge is 0.259 e. The molecule has 2 amide bonds. The van der Waals surface area contributed by atoms with Gasteiger partial charge in [-0.15, -0.1) is 11.3 Å². The van der Waals surface area contributed by atoms with Crippen LogP contribution in [0.3, 0.4) is 0 Å². The third-order valence-corrected chi connectivity index (χ3v) is 6.48. The second kappa shape index (κ2) is 7.36. The molecule has 0 radical (unpaired) electrons. The number of hydrogen-bond donors (Lipinski definition) is 2. The summed E-state index contributed by atoms with van der Waals surface area (Å²) in [6.07, 6.45) is 2.50. The number of carbonyl (C=O) groups excluding carboxylic acids is 2. The Balaban J connectivity index is 1.93.